The van der Waals surface area contributed by atoms with Crippen molar-refractivity contribution in [1.29, 1.82) is 0 Å². The molecular weight excluding hydrogens is 592 g/mol. The molecule has 12 heteroatoms. The number of amides is 1. The van der Waals surface area contributed by atoms with Gasteiger partial charge < -0.3 is 19.6 Å². The normalized spacial score (nSPS) is 18.0. The third-order valence-corrected chi connectivity index (χ3v) is 10.7. The van der Waals surface area contributed by atoms with E-state index >= 15 is 0 Å². The molecule has 7 rings (SSSR count). The number of hydrogen-bond donors (Lipinski definition) is 0. The molecule has 0 aliphatic carbocycles. The van der Waals surface area contributed by atoms with E-state index in [4.69, 9.17) is 0 Å². The molecule has 3 aromatic carbocycles. The number of aromatic nitrogens is 2. The zero-order valence-electron chi connectivity index (χ0n) is 24.8. The number of ketones is 1. The van der Waals surface area contributed by atoms with E-state index < -0.39 is 9.84 Å². The first-order valence-electron chi connectivity index (χ1n) is 14.9. The van der Waals surface area contributed by atoms with Crippen LogP contribution in [0.15, 0.2) is 93.6 Å². The summed E-state index contributed by atoms with van der Waals surface area (Å²) in [4.78, 5) is 48.5. The molecule has 3 aliphatic heterocycles. The van der Waals surface area contributed by atoms with Crippen molar-refractivity contribution in [3.63, 3.8) is 0 Å². The highest BCUT2D eigenvalue weighted by atomic mass is 32.2. The molecule has 230 valence electrons. The molecular formula is C33H32N6O5S. The number of nitrogens with zero attached hydrogens (tertiary/aromatic N) is 6. The number of likely N-dealkylation sites (N-methyl/N-ethyl adjacent to an activating group) is 1. The van der Waals surface area contributed by atoms with Gasteiger partial charge in [-0.25, -0.2) is 8.42 Å². The van der Waals surface area contributed by atoms with E-state index in [-0.39, 0.29) is 43.7 Å². The van der Waals surface area contributed by atoms with Crippen molar-refractivity contribution in [2.45, 2.75) is 9.79 Å². The molecule has 0 radical (unpaired) electrons. The predicted octanol–water partition coefficient (Wildman–Crippen LogP) is 2.32. The summed E-state index contributed by atoms with van der Waals surface area (Å²) in [5.41, 5.74) is 2.27. The molecule has 4 aromatic rings. The first kappa shape index (κ1) is 28.9. The second-order valence-electron chi connectivity index (χ2n) is 11.5. The summed E-state index contributed by atoms with van der Waals surface area (Å²) in [5, 5.41) is 4.53. The van der Waals surface area contributed by atoms with Crippen molar-refractivity contribution >= 4 is 32.9 Å². The van der Waals surface area contributed by atoms with Crippen LogP contribution >= 0.6 is 0 Å². The number of anilines is 2. The molecule has 0 atom stereocenters. The Labute approximate surface area is 260 Å². The number of carbonyl (C=O) groups excluding carboxylic acids is 2. The van der Waals surface area contributed by atoms with Gasteiger partial charge in [0, 0.05) is 69.0 Å². The first-order chi connectivity index (χ1) is 21.7. The number of para-hydroxylation sites is 1. The molecule has 0 unspecified atom stereocenters. The lowest BCUT2D eigenvalue weighted by Gasteiger charge is -2.39. The van der Waals surface area contributed by atoms with Gasteiger partial charge in [-0.3, -0.25) is 14.4 Å². The van der Waals surface area contributed by atoms with E-state index in [0.717, 1.165) is 18.8 Å². The Morgan fingerprint density at radius 3 is 2.11 bits per heavy atom. The Hall–Kier alpha value is -4.81. The third-order valence-electron chi connectivity index (χ3n) is 8.84. The molecule has 1 aromatic heterocycles. The molecule has 4 heterocycles. The molecule has 2 saturated heterocycles. The average Bonchev–Trinajstić information content (AvgIpc) is 3.08. The number of carbonyl (C=O) groups is 2. The molecule has 0 saturated carbocycles. The number of piperazine rings is 2. The van der Waals surface area contributed by atoms with E-state index in [1.54, 1.807) is 23.2 Å². The molecule has 3 aliphatic rings. The summed E-state index contributed by atoms with van der Waals surface area (Å²) in [6.45, 7) is 4.78. The van der Waals surface area contributed by atoms with Crippen molar-refractivity contribution in [3.05, 3.63) is 106 Å². The molecule has 0 spiro atoms. The number of fused-ring (bicyclic) bond motifs is 2. The maximum Gasteiger partial charge on any atom is 0.297 e. The zero-order chi connectivity index (χ0) is 31.3. The van der Waals surface area contributed by atoms with Crippen LogP contribution in [0.4, 0.5) is 11.4 Å². The number of rotatable bonds is 4. The SMILES string of the molecule is CN1CCN(c2c(N3CCN(C(=O)c4ccc5c(c4)S(=O)(=O)c4ccccc4C5=O)CC3)cnn(-c3ccccc3)c2=O)CC1. The standard InChI is InChI=1S/C33H32N6O5S/c1-35-13-15-37(16-14-35)30-27(22-34-39(33(30)42)24-7-3-2-4-8-24)36-17-19-38(20-18-36)32(41)23-11-12-26-29(21-23)45(43,44)28-10-6-5-9-25(28)31(26)40/h2-12,21-22H,13-20H2,1H3. The van der Waals surface area contributed by atoms with Crippen molar-refractivity contribution in [2.24, 2.45) is 0 Å². The summed E-state index contributed by atoms with van der Waals surface area (Å²) in [6, 6.07) is 19.8. The van der Waals surface area contributed by atoms with Gasteiger partial charge in [0.05, 0.1) is 27.4 Å². The maximum atomic E-state index is 13.9. The van der Waals surface area contributed by atoms with E-state index in [0.29, 0.717) is 50.6 Å². The number of benzene rings is 3. The summed E-state index contributed by atoms with van der Waals surface area (Å²) >= 11 is 0. The second kappa shape index (κ2) is 11.3. The van der Waals surface area contributed by atoms with Gasteiger partial charge in [-0.1, -0.05) is 30.3 Å². The fraction of sp³-hybridized carbons (Fsp3) is 0.273. The van der Waals surface area contributed by atoms with E-state index in [1.165, 1.54) is 35.0 Å². The van der Waals surface area contributed by atoms with Gasteiger partial charge in [0.2, 0.25) is 9.84 Å². The Balaban J connectivity index is 1.14. The lowest BCUT2D eigenvalue weighted by molar-refractivity contribution is 0.0746. The van der Waals surface area contributed by atoms with Gasteiger partial charge in [0.1, 0.15) is 5.69 Å². The van der Waals surface area contributed by atoms with Gasteiger partial charge in [-0.2, -0.15) is 9.78 Å². The highest BCUT2D eigenvalue weighted by Gasteiger charge is 2.36. The fourth-order valence-corrected chi connectivity index (χ4v) is 7.98. The topological polar surface area (TPSA) is 116 Å². The van der Waals surface area contributed by atoms with Gasteiger partial charge in [-0.15, -0.1) is 0 Å². The Morgan fingerprint density at radius 1 is 0.733 bits per heavy atom. The molecule has 2 fully saturated rings. The van der Waals surface area contributed by atoms with Crippen molar-refractivity contribution in [2.75, 3.05) is 69.2 Å². The molecule has 1 amide bonds. The van der Waals surface area contributed by atoms with Crippen molar-refractivity contribution in [1.82, 2.24) is 19.6 Å². The Bertz CT molecular complexity index is 1980. The van der Waals surface area contributed by atoms with Crippen LogP contribution in [0.3, 0.4) is 0 Å². The van der Waals surface area contributed by atoms with Gasteiger partial charge in [-0.05, 0) is 49.5 Å². The predicted molar refractivity (Wildman–Crippen MR) is 169 cm³/mol. The lowest BCUT2D eigenvalue weighted by atomic mass is 10.0. The van der Waals surface area contributed by atoms with Gasteiger partial charge >= 0.3 is 0 Å². The van der Waals surface area contributed by atoms with Crippen LogP contribution in [-0.2, 0) is 9.84 Å². The molecule has 45 heavy (non-hydrogen) atoms. The molecule has 0 bridgehead atoms. The zero-order valence-corrected chi connectivity index (χ0v) is 25.6. The summed E-state index contributed by atoms with van der Waals surface area (Å²) in [5.74, 6) is -0.683. The smallest absolute Gasteiger partial charge is 0.297 e. The van der Waals surface area contributed by atoms with E-state index in [1.807, 2.05) is 30.3 Å². The van der Waals surface area contributed by atoms with Crippen LogP contribution < -0.4 is 15.4 Å². The number of hydrogen-bond acceptors (Lipinski definition) is 9. The highest BCUT2D eigenvalue weighted by molar-refractivity contribution is 7.91. The monoisotopic (exact) mass is 624 g/mol. The molecule has 11 nitrogen and oxygen atoms in total. The summed E-state index contributed by atoms with van der Waals surface area (Å²) in [7, 11) is -1.89. The first-order valence-corrected chi connectivity index (χ1v) is 16.4. The van der Waals surface area contributed by atoms with Crippen LogP contribution in [-0.4, -0.2) is 99.1 Å². The summed E-state index contributed by atoms with van der Waals surface area (Å²) in [6.07, 6.45) is 1.74. The third kappa shape index (κ3) is 4.99. The van der Waals surface area contributed by atoms with Crippen molar-refractivity contribution in [3.8, 4) is 5.69 Å². The maximum absolute atomic E-state index is 13.9. The van der Waals surface area contributed by atoms with Gasteiger partial charge in [0.15, 0.2) is 5.78 Å². The fourth-order valence-electron chi connectivity index (χ4n) is 6.30. The largest absolute Gasteiger partial charge is 0.365 e. The van der Waals surface area contributed by atoms with E-state index in [2.05, 4.69) is 26.8 Å². The van der Waals surface area contributed by atoms with Crippen LogP contribution in [0.2, 0.25) is 0 Å². The second-order valence-corrected chi connectivity index (χ2v) is 13.4. The van der Waals surface area contributed by atoms with Crippen LogP contribution in [0.5, 0.6) is 0 Å². The average molecular weight is 625 g/mol. The van der Waals surface area contributed by atoms with Gasteiger partial charge in [0.25, 0.3) is 11.5 Å². The highest BCUT2D eigenvalue weighted by Crippen LogP contribution is 2.35. The molecule has 0 N–H and O–H groups in total. The van der Waals surface area contributed by atoms with Crippen molar-refractivity contribution < 1.29 is 18.0 Å². The minimum Gasteiger partial charge on any atom is -0.365 e. The Morgan fingerprint density at radius 2 is 1.38 bits per heavy atom. The quantitative estimate of drug-likeness (QED) is 0.297. The van der Waals surface area contributed by atoms with Crippen LogP contribution in [0.25, 0.3) is 5.69 Å². The Kier molecular flexibility index (Phi) is 7.25. The lowest BCUT2D eigenvalue weighted by Crippen LogP contribution is -2.51. The van der Waals surface area contributed by atoms with Crippen LogP contribution in [0.1, 0.15) is 26.3 Å². The number of sulfone groups is 1. The van der Waals surface area contributed by atoms with E-state index in [9.17, 15) is 22.8 Å². The summed E-state index contributed by atoms with van der Waals surface area (Å²) < 4.78 is 28.2. The minimum absolute atomic E-state index is 0.0420. The van der Waals surface area contributed by atoms with Crippen LogP contribution in [0, 0.1) is 0 Å². The minimum atomic E-state index is -3.96.